The first-order valence-corrected chi connectivity index (χ1v) is 7.78. The Morgan fingerprint density at radius 3 is 3.04 bits per heavy atom. The minimum absolute atomic E-state index is 0.0610. The van der Waals surface area contributed by atoms with Crippen molar-refractivity contribution in [1.29, 1.82) is 0 Å². The zero-order valence-corrected chi connectivity index (χ0v) is 12.7. The maximum atomic E-state index is 12.7. The highest BCUT2D eigenvalue weighted by molar-refractivity contribution is 5.94. The third-order valence-corrected chi connectivity index (χ3v) is 4.32. The summed E-state index contributed by atoms with van der Waals surface area (Å²) in [7, 11) is 0. The molecule has 0 saturated carbocycles. The van der Waals surface area contributed by atoms with Crippen molar-refractivity contribution in [2.24, 2.45) is 5.92 Å². The maximum absolute atomic E-state index is 12.7. The standard InChI is InChI=1S/C17H17N5O/c23-17(14-4-5-16-19-12-20-22(16)11-14)21-8-6-13(10-21)9-15-3-1-2-7-18-15/h1-5,7,11-13H,6,8-10H2. The van der Waals surface area contributed by atoms with Crippen LogP contribution in [-0.2, 0) is 6.42 Å². The summed E-state index contributed by atoms with van der Waals surface area (Å²) in [6.45, 7) is 1.58. The van der Waals surface area contributed by atoms with E-state index in [1.807, 2.05) is 41.4 Å². The zero-order chi connectivity index (χ0) is 15.6. The van der Waals surface area contributed by atoms with Crippen LogP contribution < -0.4 is 0 Å². The van der Waals surface area contributed by atoms with Crippen molar-refractivity contribution in [3.8, 4) is 0 Å². The van der Waals surface area contributed by atoms with Gasteiger partial charge in [0, 0.05) is 31.2 Å². The summed E-state index contributed by atoms with van der Waals surface area (Å²) >= 11 is 0. The molecule has 0 bridgehead atoms. The third-order valence-electron chi connectivity index (χ3n) is 4.32. The van der Waals surface area contributed by atoms with Crippen LogP contribution in [0.2, 0.25) is 0 Å². The van der Waals surface area contributed by atoms with Crippen LogP contribution in [0, 0.1) is 5.92 Å². The van der Waals surface area contributed by atoms with Crippen molar-refractivity contribution >= 4 is 11.6 Å². The van der Waals surface area contributed by atoms with Gasteiger partial charge in [0.15, 0.2) is 5.65 Å². The lowest BCUT2D eigenvalue weighted by atomic mass is 10.0. The van der Waals surface area contributed by atoms with Crippen LogP contribution in [0.15, 0.2) is 49.1 Å². The van der Waals surface area contributed by atoms with E-state index in [4.69, 9.17) is 0 Å². The van der Waals surface area contributed by atoms with Crippen LogP contribution in [-0.4, -0.2) is 43.5 Å². The van der Waals surface area contributed by atoms with Gasteiger partial charge in [-0.15, -0.1) is 0 Å². The van der Waals surface area contributed by atoms with Gasteiger partial charge < -0.3 is 4.90 Å². The topological polar surface area (TPSA) is 63.4 Å². The Bertz CT molecular complexity index is 829. The molecule has 1 atom stereocenters. The number of amides is 1. The average molecular weight is 307 g/mol. The Morgan fingerprint density at radius 2 is 2.17 bits per heavy atom. The molecule has 23 heavy (non-hydrogen) atoms. The van der Waals surface area contributed by atoms with E-state index in [-0.39, 0.29) is 5.91 Å². The SMILES string of the molecule is O=C(c1ccc2ncnn2c1)N1CCC(Cc2ccccn2)C1. The fourth-order valence-electron chi connectivity index (χ4n) is 3.12. The molecule has 4 heterocycles. The summed E-state index contributed by atoms with van der Waals surface area (Å²) in [4.78, 5) is 23.1. The van der Waals surface area contributed by atoms with Gasteiger partial charge in [-0.05, 0) is 43.0 Å². The Kier molecular flexibility index (Phi) is 3.49. The molecule has 0 N–H and O–H groups in total. The van der Waals surface area contributed by atoms with Crippen LogP contribution in [0.5, 0.6) is 0 Å². The first-order valence-electron chi connectivity index (χ1n) is 7.78. The van der Waals surface area contributed by atoms with Crippen molar-refractivity contribution in [3.63, 3.8) is 0 Å². The molecule has 6 nitrogen and oxygen atoms in total. The number of rotatable bonds is 3. The molecule has 3 aromatic rings. The molecule has 116 valence electrons. The molecule has 1 fully saturated rings. The van der Waals surface area contributed by atoms with E-state index < -0.39 is 0 Å². The highest BCUT2D eigenvalue weighted by atomic mass is 16.2. The summed E-state index contributed by atoms with van der Waals surface area (Å²) < 4.78 is 1.63. The Hall–Kier alpha value is -2.76. The Balaban J connectivity index is 1.45. The van der Waals surface area contributed by atoms with E-state index in [1.54, 1.807) is 10.7 Å². The van der Waals surface area contributed by atoms with Crippen LogP contribution in [0.1, 0.15) is 22.5 Å². The van der Waals surface area contributed by atoms with E-state index in [1.165, 1.54) is 6.33 Å². The molecule has 1 unspecified atom stereocenters. The fourth-order valence-corrected chi connectivity index (χ4v) is 3.12. The molecule has 4 rings (SSSR count). The van der Waals surface area contributed by atoms with Crippen molar-refractivity contribution in [1.82, 2.24) is 24.5 Å². The largest absolute Gasteiger partial charge is 0.338 e. The molecule has 1 aliphatic rings. The summed E-state index contributed by atoms with van der Waals surface area (Å²) in [6, 6.07) is 9.62. The molecular formula is C17H17N5O. The summed E-state index contributed by atoms with van der Waals surface area (Å²) in [5.41, 5.74) is 2.49. The number of carbonyl (C=O) groups excluding carboxylic acids is 1. The molecule has 6 heteroatoms. The maximum Gasteiger partial charge on any atom is 0.255 e. The number of likely N-dealkylation sites (tertiary alicyclic amines) is 1. The lowest BCUT2D eigenvalue weighted by molar-refractivity contribution is 0.0786. The quantitative estimate of drug-likeness (QED) is 0.740. The number of fused-ring (bicyclic) bond motifs is 1. The van der Waals surface area contributed by atoms with E-state index in [9.17, 15) is 4.79 Å². The number of carbonyl (C=O) groups is 1. The third kappa shape index (κ3) is 2.79. The van der Waals surface area contributed by atoms with E-state index in [0.717, 1.165) is 37.3 Å². The average Bonchev–Trinajstić information content (AvgIpc) is 3.23. The molecule has 0 aliphatic carbocycles. The fraction of sp³-hybridized carbons (Fsp3) is 0.294. The smallest absolute Gasteiger partial charge is 0.255 e. The normalized spacial score (nSPS) is 17.7. The summed E-state index contributed by atoms with van der Waals surface area (Å²) in [6.07, 6.45) is 7.00. The van der Waals surface area contributed by atoms with Gasteiger partial charge in [0.2, 0.25) is 0 Å². The molecule has 0 spiro atoms. The van der Waals surface area contributed by atoms with Crippen LogP contribution in [0.3, 0.4) is 0 Å². The van der Waals surface area contributed by atoms with Gasteiger partial charge >= 0.3 is 0 Å². The van der Waals surface area contributed by atoms with Crippen molar-refractivity contribution in [2.45, 2.75) is 12.8 Å². The Morgan fingerprint density at radius 1 is 1.22 bits per heavy atom. The molecule has 1 saturated heterocycles. The van der Waals surface area contributed by atoms with Gasteiger partial charge in [-0.3, -0.25) is 9.78 Å². The number of aromatic nitrogens is 4. The van der Waals surface area contributed by atoms with Gasteiger partial charge in [0.05, 0.1) is 5.56 Å². The van der Waals surface area contributed by atoms with Gasteiger partial charge in [-0.1, -0.05) is 6.07 Å². The summed E-state index contributed by atoms with van der Waals surface area (Å²) in [5.74, 6) is 0.537. The van der Waals surface area contributed by atoms with Gasteiger partial charge in [-0.25, -0.2) is 9.50 Å². The highest BCUT2D eigenvalue weighted by Crippen LogP contribution is 2.22. The minimum Gasteiger partial charge on any atom is -0.338 e. The van der Waals surface area contributed by atoms with Gasteiger partial charge in [0.1, 0.15) is 6.33 Å². The molecule has 1 aliphatic heterocycles. The number of nitrogens with zero attached hydrogens (tertiary/aromatic N) is 5. The van der Waals surface area contributed by atoms with E-state index in [0.29, 0.717) is 11.5 Å². The monoisotopic (exact) mass is 307 g/mol. The second kappa shape index (κ2) is 5.79. The predicted molar refractivity (Wildman–Crippen MR) is 84.9 cm³/mol. The first kappa shape index (κ1) is 13.9. The van der Waals surface area contributed by atoms with Crippen LogP contribution in [0.25, 0.3) is 5.65 Å². The second-order valence-corrected chi connectivity index (χ2v) is 5.91. The minimum atomic E-state index is 0.0610. The lowest BCUT2D eigenvalue weighted by Crippen LogP contribution is -2.29. The lowest BCUT2D eigenvalue weighted by Gasteiger charge is -2.16. The highest BCUT2D eigenvalue weighted by Gasteiger charge is 2.27. The molecule has 0 aromatic carbocycles. The predicted octanol–water partition coefficient (Wildman–Crippen LogP) is 1.83. The van der Waals surface area contributed by atoms with Gasteiger partial charge in [-0.2, -0.15) is 5.10 Å². The molecule has 3 aromatic heterocycles. The van der Waals surface area contributed by atoms with E-state index in [2.05, 4.69) is 15.1 Å². The van der Waals surface area contributed by atoms with E-state index >= 15 is 0 Å². The number of pyridine rings is 2. The zero-order valence-electron chi connectivity index (χ0n) is 12.7. The van der Waals surface area contributed by atoms with Crippen LogP contribution in [0.4, 0.5) is 0 Å². The Labute approximate surface area is 133 Å². The first-order chi connectivity index (χ1) is 11.3. The van der Waals surface area contributed by atoms with Crippen LogP contribution >= 0.6 is 0 Å². The molecular weight excluding hydrogens is 290 g/mol. The van der Waals surface area contributed by atoms with Gasteiger partial charge in [0.25, 0.3) is 5.91 Å². The number of hydrogen-bond acceptors (Lipinski definition) is 4. The second-order valence-electron chi connectivity index (χ2n) is 5.91. The van der Waals surface area contributed by atoms with Crippen molar-refractivity contribution in [3.05, 3.63) is 60.3 Å². The molecule has 0 radical (unpaired) electrons. The van der Waals surface area contributed by atoms with Crippen molar-refractivity contribution < 1.29 is 4.79 Å². The summed E-state index contributed by atoms with van der Waals surface area (Å²) in [5, 5.41) is 4.09. The number of hydrogen-bond donors (Lipinski definition) is 0. The molecule has 1 amide bonds. The van der Waals surface area contributed by atoms with Crippen molar-refractivity contribution in [2.75, 3.05) is 13.1 Å².